The van der Waals surface area contributed by atoms with Gasteiger partial charge in [-0.15, -0.1) is 23.7 Å². The number of amides is 2. The van der Waals surface area contributed by atoms with E-state index in [1.54, 1.807) is 10.3 Å². The number of halogens is 1. The first-order chi connectivity index (χ1) is 13.2. The number of carbonyl (C=O) groups excluding carboxylic acids is 2. The fourth-order valence-electron chi connectivity index (χ4n) is 4.43. The van der Waals surface area contributed by atoms with Crippen LogP contribution in [0.15, 0.2) is 5.38 Å². The Morgan fingerprint density at radius 3 is 2.62 bits per heavy atom. The molecule has 2 saturated heterocycles. The second-order valence-electron chi connectivity index (χ2n) is 8.29. The van der Waals surface area contributed by atoms with Crippen LogP contribution in [0.4, 0.5) is 0 Å². The van der Waals surface area contributed by atoms with E-state index in [9.17, 15) is 18.0 Å². The SMILES string of the molecule is CC(C)[C@@H]1C(=O)N(S(C)(=O)=O)[C@@H]2CCN(C(=O)c3csc(CNC4CC4)n3)[C@H]21.Cl. The van der Waals surface area contributed by atoms with Crippen LogP contribution in [-0.4, -0.2) is 65.3 Å². The number of nitrogens with zero attached hydrogens (tertiary/aromatic N) is 3. The summed E-state index contributed by atoms with van der Waals surface area (Å²) in [5.74, 6) is -1.18. The van der Waals surface area contributed by atoms with Crippen molar-refractivity contribution in [2.75, 3.05) is 12.8 Å². The molecule has 0 spiro atoms. The molecule has 0 bridgehead atoms. The number of likely N-dealkylation sites (tertiary alicyclic amines) is 1. The van der Waals surface area contributed by atoms with Crippen molar-refractivity contribution in [2.45, 2.75) is 57.8 Å². The van der Waals surface area contributed by atoms with E-state index < -0.39 is 33.9 Å². The highest BCUT2D eigenvalue weighted by Crippen LogP contribution is 2.41. The van der Waals surface area contributed by atoms with Crippen LogP contribution in [0.2, 0.25) is 0 Å². The lowest BCUT2D eigenvalue weighted by atomic mass is 9.88. The van der Waals surface area contributed by atoms with E-state index >= 15 is 0 Å². The Labute approximate surface area is 181 Å². The molecule has 162 valence electrons. The molecule has 2 aliphatic heterocycles. The fraction of sp³-hybridized carbons (Fsp3) is 0.722. The van der Waals surface area contributed by atoms with E-state index in [2.05, 4.69) is 10.3 Å². The molecule has 0 aromatic carbocycles. The van der Waals surface area contributed by atoms with Crippen molar-refractivity contribution in [3.63, 3.8) is 0 Å². The molecule has 29 heavy (non-hydrogen) atoms. The van der Waals surface area contributed by atoms with Crippen LogP contribution >= 0.6 is 23.7 Å². The number of sulfonamides is 1. The molecule has 0 radical (unpaired) electrons. The summed E-state index contributed by atoms with van der Waals surface area (Å²) in [6, 6.07) is -0.335. The van der Waals surface area contributed by atoms with Crippen LogP contribution in [0, 0.1) is 11.8 Å². The van der Waals surface area contributed by atoms with Gasteiger partial charge in [-0.3, -0.25) is 9.59 Å². The Morgan fingerprint density at radius 2 is 2.03 bits per heavy atom. The third kappa shape index (κ3) is 4.17. The van der Waals surface area contributed by atoms with Gasteiger partial charge in [0.2, 0.25) is 15.9 Å². The van der Waals surface area contributed by atoms with Gasteiger partial charge in [0.25, 0.3) is 5.91 Å². The number of carbonyl (C=O) groups is 2. The van der Waals surface area contributed by atoms with Crippen LogP contribution < -0.4 is 5.32 Å². The summed E-state index contributed by atoms with van der Waals surface area (Å²) >= 11 is 1.45. The standard InChI is InChI=1S/C18H26N4O4S2.ClH/c1-10(2)15-16-13(22(18(15)24)28(3,25)26)6-7-21(16)17(23)12-9-27-14(20-12)8-19-11-4-5-11;/h9-11,13,15-16,19H,4-8H2,1-3H3;1H/t13-,15+,16-;/m1./s1. The summed E-state index contributed by atoms with van der Waals surface area (Å²) in [7, 11) is -3.67. The van der Waals surface area contributed by atoms with Gasteiger partial charge in [0.1, 0.15) is 10.7 Å². The molecule has 3 fully saturated rings. The van der Waals surface area contributed by atoms with Crippen LogP contribution in [0.3, 0.4) is 0 Å². The van der Waals surface area contributed by atoms with E-state index in [-0.39, 0.29) is 24.2 Å². The number of fused-ring (bicyclic) bond motifs is 1. The molecule has 11 heteroatoms. The monoisotopic (exact) mass is 462 g/mol. The number of rotatable bonds is 6. The molecule has 1 aliphatic carbocycles. The molecule has 1 saturated carbocycles. The largest absolute Gasteiger partial charge is 0.331 e. The maximum Gasteiger partial charge on any atom is 0.273 e. The number of nitrogens with one attached hydrogen (secondary N) is 1. The number of hydrogen-bond acceptors (Lipinski definition) is 7. The summed E-state index contributed by atoms with van der Waals surface area (Å²) in [5.41, 5.74) is 0.381. The van der Waals surface area contributed by atoms with E-state index in [1.807, 2.05) is 13.8 Å². The molecular formula is C18H27ClN4O4S2. The highest BCUT2D eigenvalue weighted by atomic mass is 35.5. The van der Waals surface area contributed by atoms with E-state index in [0.717, 1.165) is 15.6 Å². The number of thiazole rings is 1. The Kier molecular flexibility index (Phi) is 6.29. The van der Waals surface area contributed by atoms with Crippen molar-refractivity contribution in [2.24, 2.45) is 11.8 Å². The van der Waals surface area contributed by atoms with E-state index in [1.165, 1.54) is 24.2 Å². The van der Waals surface area contributed by atoms with Crippen molar-refractivity contribution in [3.8, 4) is 0 Å². The molecule has 1 aromatic rings. The zero-order chi connectivity index (χ0) is 20.2. The quantitative estimate of drug-likeness (QED) is 0.687. The first-order valence-corrected chi connectivity index (χ1v) is 12.4. The predicted octanol–water partition coefficient (Wildman–Crippen LogP) is 1.47. The van der Waals surface area contributed by atoms with Gasteiger partial charge in [-0.2, -0.15) is 0 Å². The summed E-state index contributed by atoms with van der Waals surface area (Å²) in [5, 5.41) is 6.01. The third-order valence-corrected chi connectivity index (χ3v) is 7.83. The lowest BCUT2D eigenvalue weighted by Crippen LogP contribution is -2.44. The van der Waals surface area contributed by atoms with Crippen molar-refractivity contribution in [1.29, 1.82) is 0 Å². The Balaban J connectivity index is 0.00000240. The highest BCUT2D eigenvalue weighted by molar-refractivity contribution is 7.88. The molecule has 0 unspecified atom stereocenters. The topological polar surface area (TPSA) is 99.7 Å². The van der Waals surface area contributed by atoms with Crippen LogP contribution in [0.25, 0.3) is 0 Å². The van der Waals surface area contributed by atoms with Crippen molar-refractivity contribution < 1.29 is 18.0 Å². The first-order valence-electron chi connectivity index (χ1n) is 9.70. The van der Waals surface area contributed by atoms with Crippen LogP contribution in [-0.2, 0) is 21.4 Å². The minimum absolute atomic E-state index is 0. The highest BCUT2D eigenvalue weighted by Gasteiger charge is 2.58. The average molecular weight is 463 g/mol. The van der Waals surface area contributed by atoms with Gasteiger partial charge < -0.3 is 10.2 Å². The van der Waals surface area contributed by atoms with Gasteiger partial charge in [-0.25, -0.2) is 17.7 Å². The third-order valence-electron chi connectivity index (χ3n) is 5.82. The second-order valence-corrected chi connectivity index (χ2v) is 11.1. The summed E-state index contributed by atoms with van der Waals surface area (Å²) < 4.78 is 25.5. The number of hydrogen-bond donors (Lipinski definition) is 1. The smallest absolute Gasteiger partial charge is 0.273 e. The van der Waals surface area contributed by atoms with Gasteiger partial charge in [0, 0.05) is 24.5 Å². The lowest BCUT2D eigenvalue weighted by Gasteiger charge is -2.28. The molecule has 2 amide bonds. The molecule has 1 aromatic heterocycles. The zero-order valence-electron chi connectivity index (χ0n) is 16.7. The van der Waals surface area contributed by atoms with E-state index in [0.29, 0.717) is 31.2 Å². The molecule has 1 N–H and O–H groups in total. The number of aromatic nitrogens is 1. The molecule has 4 rings (SSSR count). The first kappa shape index (κ1) is 22.5. The fourth-order valence-corrected chi connectivity index (χ4v) is 6.32. The molecule has 3 heterocycles. The molecular weight excluding hydrogens is 436 g/mol. The lowest BCUT2D eigenvalue weighted by molar-refractivity contribution is -0.129. The molecule has 3 aliphatic rings. The second kappa shape index (κ2) is 8.13. The predicted molar refractivity (Wildman–Crippen MR) is 112 cm³/mol. The maximum absolute atomic E-state index is 13.2. The minimum Gasteiger partial charge on any atom is -0.331 e. The van der Waals surface area contributed by atoms with Crippen molar-refractivity contribution >= 4 is 45.6 Å². The van der Waals surface area contributed by atoms with Crippen molar-refractivity contribution in [3.05, 3.63) is 16.1 Å². The summed E-state index contributed by atoms with van der Waals surface area (Å²) in [6.45, 7) is 4.89. The Morgan fingerprint density at radius 1 is 1.34 bits per heavy atom. The zero-order valence-corrected chi connectivity index (χ0v) is 19.1. The van der Waals surface area contributed by atoms with E-state index in [4.69, 9.17) is 0 Å². The molecule has 8 nitrogen and oxygen atoms in total. The van der Waals surface area contributed by atoms with Gasteiger partial charge >= 0.3 is 0 Å². The van der Waals surface area contributed by atoms with Gasteiger partial charge in [0.15, 0.2) is 0 Å². The maximum atomic E-state index is 13.2. The summed E-state index contributed by atoms with van der Waals surface area (Å²) in [4.78, 5) is 32.2. The minimum atomic E-state index is -3.67. The van der Waals surface area contributed by atoms with Gasteiger partial charge in [-0.1, -0.05) is 13.8 Å². The average Bonchev–Trinajstić information content (AvgIpc) is 3.02. The van der Waals surface area contributed by atoms with Gasteiger partial charge in [0.05, 0.1) is 24.3 Å². The van der Waals surface area contributed by atoms with Crippen LogP contribution in [0.1, 0.15) is 48.6 Å². The summed E-state index contributed by atoms with van der Waals surface area (Å²) in [6.07, 6.45) is 3.91. The normalized spacial score (nSPS) is 26.8. The molecule has 3 atom stereocenters. The van der Waals surface area contributed by atoms with Gasteiger partial charge in [-0.05, 0) is 25.2 Å². The van der Waals surface area contributed by atoms with Crippen molar-refractivity contribution in [1.82, 2.24) is 19.5 Å². The Bertz CT molecular complexity index is 899. The van der Waals surface area contributed by atoms with Crippen LogP contribution in [0.5, 0.6) is 0 Å². The Hall–Kier alpha value is -1.23.